The first-order chi connectivity index (χ1) is 14.1. The molecule has 158 valence electrons. The van der Waals surface area contributed by atoms with Gasteiger partial charge in [-0.3, -0.25) is 9.59 Å². The lowest BCUT2D eigenvalue weighted by Crippen LogP contribution is -2.49. The Kier molecular flexibility index (Phi) is 6.12. The van der Waals surface area contributed by atoms with Gasteiger partial charge in [0.05, 0.1) is 13.0 Å². The molecule has 1 aromatic rings. The molecule has 5 heteroatoms. The summed E-state index contributed by atoms with van der Waals surface area (Å²) in [6.45, 7) is 2.09. The number of methoxy groups -OCH3 is 1. The van der Waals surface area contributed by atoms with Gasteiger partial charge < -0.3 is 15.0 Å². The number of carbonyl (C=O) groups is 2. The van der Waals surface area contributed by atoms with Crippen LogP contribution in [0.5, 0.6) is 5.75 Å². The summed E-state index contributed by atoms with van der Waals surface area (Å²) in [5.74, 6) is 1.42. The van der Waals surface area contributed by atoms with Gasteiger partial charge in [0.1, 0.15) is 5.75 Å². The van der Waals surface area contributed by atoms with Crippen LogP contribution in [0.3, 0.4) is 0 Å². The largest absolute Gasteiger partial charge is 0.497 e. The van der Waals surface area contributed by atoms with Gasteiger partial charge in [-0.05, 0) is 56.2 Å². The Labute approximate surface area is 174 Å². The molecule has 0 radical (unpaired) electrons. The first kappa shape index (κ1) is 20.2. The molecule has 0 bridgehead atoms. The molecular weight excluding hydrogens is 364 g/mol. The van der Waals surface area contributed by atoms with Crippen LogP contribution in [0, 0.1) is 11.8 Å². The molecule has 29 heavy (non-hydrogen) atoms. The molecule has 1 heterocycles. The van der Waals surface area contributed by atoms with E-state index in [2.05, 4.69) is 17.4 Å². The standard InChI is InChI=1S/C24H34N2O3/c1-29-21-11-9-20(10-12-21)24(13-3-2-4-14-24)17-25-22(27)19-6-5-15-26(16-19)23(28)18-7-8-18/h9-12,18-19H,2-8,13-17H2,1H3,(H,25,27). The average molecular weight is 399 g/mol. The van der Waals surface area contributed by atoms with Gasteiger partial charge in [-0.2, -0.15) is 0 Å². The van der Waals surface area contributed by atoms with Crippen LogP contribution in [0.15, 0.2) is 24.3 Å². The number of amides is 2. The summed E-state index contributed by atoms with van der Waals surface area (Å²) >= 11 is 0. The van der Waals surface area contributed by atoms with E-state index in [0.29, 0.717) is 13.1 Å². The Morgan fingerprint density at radius 2 is 1.76 bits per heavy atom. The lowest BCUT2D eigenvalue weighted by atomic mass is 9.69. The van der Waals surface area contributed by atoms with Crippen molar-refractivity contribution < 1.29 is 14.3 Å². The van der Waals surface area contributed by atoms with Crippen LogP contribution in [0.2, 0.25) is 0 Å². The molecule has 1 unspecified atom stereocenters. The molecule has 1 aromatic carbocycles. The highest BCUT2D eigenvalue weighted by molar-refractivity contribution is 5.83. The molecule has 3 aliphatic rings. The quantitative estimate of drug-likeness (QED) is 0.796. The first-order valence-corrected chi connectivity index (χ1v) is 11.3. The smallest absolute Gasteiger partial charge is 0.225 e. The molecule has 0 spiro atoms. The predicted octanol–water partition coefficient (Wildman–Crippen LogP) is 3.66. The highest BCUT2D eigenvalue weighted by Gasteiger charge is 2.38. The average Bonchev–Trinajstić information content (AvgIpc) is 3.63. The number of ether oxygens (including phenoxy) is 1. The van der Waals surface area contributed by atoms with Crippen molar-refractivity contribution in [2.24, 2.45) is 11.8 Å². The van der Waals surface area contributed by atoms with E-state index in [1.54, 1.807) is 7.11 Å². The van der Waals surface area contributed by atoms with Crippen molar-refractivity contribution in [3.63, 3.8) is 0 Å². The maximum Gasteiger partial charge on any atom is 0.225 e. The fourth-order valence-corrected chi connectivity index (χ4v) is 5.12. The van der Waals surface area contributed by atoms with Crippen molar-refractivity contribution in [3.05, 3.63) is 29.8 Å². The Hall–Kier alpha value is -2.04. The summed E-state index contributed by atoms with van der Waals surface area (Å²) in [6, 6.07) is 8.37. The first-order valence-electron chi connectivity index (χ1n) is 11.3. The normalized spacial score (nSPS) is 24.0. The Morgan fingerprint density at radius 1 is 1.03 bits per heavy atom. The number of rotatable bonds is 6. The summed E-state index contributed by atoms with van der Waals surface area (Å²) in [7, 11) is 1.69. The lowest BCUT2D eigenvalue weighted by Gasteiger charge is -2.39. The second kappa shape index (κ2) is 8.76. The molecule has 1 aliphatic heterocycles. The fraction of sp³-hybridized carbons (Fsp3) is 0.667. The van der Waals surface area contributed by atoms with Crippen LogP contribution >= 0.6 is 0 Å². The molecule has 1 saturated heterocycles. The van der Waals surface area contributed by atoms with E-state index in [-0.39, 0.29) is 29.1 Å². The van der Waals surface area contributed by atoms with E-state index in [1.165, 1.54) is 24.8 Å². The van der Waals surface area contributed by atoms with Crippen molar-refractivity contribution in [2.45, 2.75) is 63.2 Å². The van der Waals surface area contributed by atoms with Gasteiger partial charge in [0.2, 0.25) is 11.8 Å². The van der Waals surface area contributed by atoms with E-state index in [4.69, 9.17) is 4.74 Å². The van der Waals surface area contributed by atoms with Gasteiger partial charge in [0.15, 0.2) is 0 Å². The second-order valence-electron chi connectivity index (χ2n) is 9.18. The van der Waals surface area contributed by atoms with Crippen molar-refractivity contribution >= 4 is 11.8 Å². The Balaban J connectivity index is 1.40. The zero-order valence-corrected chi connectivity index (χ0v) is 17.6. The Morgan fingerprint density at radius 3 is 2.41 bits per heavy atom. The molecule has 1 atom stereocenters. The van der Waals surface area contributed by atoms with E-state index < -0.39 is 0 Å². The number of carbonyl (C=O) groups excluding carboxylic acids is 2. The molecular formula is C24H34N2O3. The molecule has 1 N–H and O–H groups in total. The number of piperidine rings is 1. The van der Waals surface area contributed by atoms with E-state index in [0.717, 1.165) is 50.8 Å². The summed E-state index contributed by atoms with van der Waals surface area (Å²) in [5, 5.41) is 3.29. The Bertz CT molecular complexity index is 720. The highest BCUT2D eigenvalue weighted by atomic mass is 16.5. The minimum atomic E-state index is -0.0667. The molecule has 0 aromatic heterocycles. The van der Waals surface area contributed by atoms with Crippen LogP contribution in [0.4, 0.5) is 0 Å². The minimum Gasteiger partial charge on any atom is -0.497 e. The van der Waals surface area contributed by atoms with Crippen molar-refractivity contribution in [1.82, 2.24) is 10.2 Å². The van der Waals surface area contributed by atoms with Crippen molar-refractivity contribution in [1.29, 1.82) is 0 Å². The molecule has 4 rings (SSSR count). The predicted molar refractivity (Wildman–Crippen MR) is 113 cm³/mol. The molecule has 3 fully saturated rings. The molecule has 2 aliphatic carbocycles. The van der Waals surface area contributed by atoms with Crippen LogP contribution < -0.4 is 10.1 Å². The molecule has 2 amide bonds. The lowest BCUT2D eigenvalue weighted by molar-refractivity contribution is -0.136. The number of nitrogens with zero attached hydrogens (tertiary/aromatic N) is 1. The van der Waals surface area contributed by atoms with Crippen molar-refractivity contribution in [2.75, 3.05) is 26.7 Å². The summed E-state index contributed by atoms with van der Waals surface area (Å²) in [5.41, 5.74) is 1.31. The third kappa shape index (κ3) is 4.59. The number of hydrogen-bond donors (Lipinski definition) is 1. The highest BCUT2D eigenvalue weighted by Crippen LogP contribution is 2.39. The maximum atomic E-state index is 13.0. The van der Waals surface area contributed by atoms with Crippen LogP contribution in [-0.4, -0.2) is 43.5 Å². The monoisotopic (exact) mass is 398 g/mol. The number of benzene rings is 1. The van der Waals surface area contributed by atoms with Gasteiger partial charge in [0.25, 0.3) is 0 Å². The SMILES string of the molecule is COc1ccc(C2(CNC(=O)C3CCCN(C(=O)C4CC4)C3)CCCCC2)cc1. The van der Waals surface area contributed by atoms with Gasteiger partial charge in [0, 0.05) is 31.0 Å². The number of nitrogens with one attached hydrogen (secondary N) is 1. The summed E-state index contributed by atoms with van der Waals surface area (Å²) in [6.07, 6.45) is 9.76. The zero-order chi connectivity index (χ0) is 20.3. The maximum absolute atomic E-state index is 13.0. The fourth-order valence-electron chi connectivity index (χ4n) is 5.12. The van der Waals surface area contributed by atoms with E-state index in [1.807, 2.05) is 17.0 Å². The molecule has 5 nitrogen and oxygen atoms in total. The van der Waals surface area contributed by atoms with Gasteiger partial charge >= 0.3 is 0 Å². The van der Waals surface area contributed by atoms with Crippen LogP contribution in [-0.2, 0) is 15.0 Å². The topological polar surface area (TPSA) is 58.6 Å². The summed E-state index contributed by atoms with van der Waals surface area (Å²) < 4.78 is 5.32. The third-order valence-electron chi connectivity index (χ3n) is 7.14. The minimum absolute atomic E-state index is 0.0123. The van der Waals surface area contributed by atoms with Crippen molar-refractivity contribution in [3.8, 4) is 5.75 Å². The second-order valence-corrected chi connectivity index (χ2v) is 9.18. The van der Waals surface area contributed by atoms with Crippen LogP contribution in [0.1, 0.15) is 63.4 Å². The third-order valence-corrected chi connectivity index (χ3v) is 7.14. The molecule has 2 saturated carbocycles. The summed E-state index contributed by atoms with van der Waals surface area (Å²) in [4.78, 5) is 27.3. The van der Waals surface area contributed by atoms with E-state index in [9.17, 15) is 9.59 Å². The van der Waals surface area contributed by atoms with Crippen LogP contribution in [0.25, 0.3) is 0 Å². The zero-order valence-electron chi connectivity index (χ0n) is 17.6. The number of hydrogen-bond acceptors (Lipinski definition) is 3. The van der Waals surface area contributed by atoms with Gasteiger partial charge in [-0.1, -0.05) is 31.4 Å². The van der Waals surface area contributed by atoms with E-state index >= 15 is 0 Å². The van der Waals surface area contributed by atoms with Gasteiger partial charge in [-0.15, -0.1) is 0 Å². The number of likely N-dealkylation sites (tertiary alicyclic amines) is 1. The van der Waals surface area contributed by atoms with Gasteiger partial charge in [-0.25, -0.2) is 0 Å².